The number of hydrogen-bond acceptors (Lipinski definition) is 6. The quantitative estimate of drug-likeness (QED) is 0.490. The van der Waals surface area contributed by atoms with Crippen LogP contribution in [0.5, 0.6) is 0 Å². The first-order valence-corrected chi connectivity index (χ1v) is 6.21. The molecule has 0 radical (unpaired) electrons. The van der Waals surface area contributed by atoms with Crippen molar-refractivity contribution < 1.29 is 32.1 Å². The van der Waals surface area contributed by atoms with Crippen molar-refractivity contribution in [3.63, 3.8) is 0 Å². The number of aromatic nitrogens is 1. The number of carbonyl (C=O) groups is 1. The SMILES string of the molecule is CO/N=C(\C(=O)OC)c1ccccc1-c1cc(C(F)(F)F)on1. The lowest BCUT2D eigenvalue weighted by molar-refractivity contribution is -0.155. The van der Waals surface area contributed by atoms with E-state index in [2.05, 4.69) is 24.4 Å². The highest BCUT2D eigenvalue weighted by atomic mass is 19.4. The number of halogens is 3. The van der Waals surface area contributed by atoms with Gasteiger partial charge in [0, 0.05) is 17.2 Å². The maximum absolute atomic E-state index is 12.6. The van der Waals surface area contributed by atoms with Crippen molar-refractivity contribution in [2.24, 2.45) is 5.16 Å². The molecule has 6 nitrogen and oxygen atoms in total. The van der Waals surface area contributed by atoms with Gasteiger partial charge in [0.25, 0.3) is 0 Å². The van der Waals surface area contributed by atoms with E-state index in [1.807, 2.05) is 0 Å². The van der Waals surface area contributed by atoms with Crippen LogP contribution in [-0.4, -0.2) is 31.1 Å². The Hall–Kier alpha value is -2.84. The molecule has 0 spiro atoms. The minimum atomic E-state index is -4.66. The lowest BCUT2D eigenvalue weighted by Crippen LogP contribution is -2.18. The Morgan fingerprint density at radius 3 is 2.52 bits per heavy atom. The zero-order valence-corrected chi connectivity index (χ0v) is 12.0. The van der Waals surface area contributed by atoms with E-state index in [1.165, 1.54) is 19.2 Å². The van der Waals surface area contributed by atoms with Crippen molar-refractivity contribution in [3.05, 3.63) is 41.7 Å². The van der Waals surface area contributed by atoms with Crippen LogP contribution in [0.3, 0.4) is 0 Å². The molecule has 0 fully saturated rings. The van der Waals surface area contributed by atoms with Gasteiger partial charge >= 0.3 is 12.1 Å². The summed E-state index contributed by atoms with van der Waals surface area (Å²) in [4.78, 5) is 16.4. The number of benzene rings is 1. The van der Waals surface area contributed by atoms with Crippen molar-refractivity contribution in [2.75, 3.05) is 14.2 Å². The predicted octanol–water partition coefficient (Wildman–Crippen LogP) is 2.88. The van der Waals surface area contributed by atoms with Gasteiger partial charge in [-0.3, -0.25) is 0 Å². The third-order valence-corrected chi connectivity index (χ3v) is 2.81. The molecule has 0 amide bonds. The fourth-order valence-corrected chi connectivity index (χ4v) is 1.83. The molecule has 0 unspecified atom stereocenters. The Morgan fingerprint density at radius 1 is 1.26 bits per heavy atom. The Bertz CT molecular complexity index is 738. The van der Waals surface area contributed by atoms with E-state index in [9.17, 15) is 18.0 Å². The Balaban J connectivity index is 2.55. The topological polar surface area (TPSA) is 73.9 Å². The molecule has 1 aromatic heterocycles. The number of ether oxygens (including phenoxy) is 1. The van der Waals surface area contributed by atoms with E-state index in [4.69, 9.17) is 0 Å². The molecular formula is C14H11F3N2O4. The van der Waals surface area contributed by atoms with Gasteiger partial charge in [0.15, 0.2) is 5.71 Å². The fraction of sp³-hybridized carbons (Fsp3) is 0.214. The zero-order chi connectivity index (χ0) is 17.0. The normalized spacial score (nSPS) is 12.1. The molecular weight excluding hydrogens is 317 g/mol. The van der Waals surface area contributed by atoms with Crippen molar-refractivity contribution in [2.45, 2.75) is 6.18 Å². The summed E-state index contributed by atoms with van der Waals surface area (Å²) < 4.78 is 46.8. The molecule has 0 saturated carbocycles. The first kappa shape index (κ1) is 16.5. The molecule has 0 bridgehead atoms. The van der Waals surface area contributed by atoms with Crippen molar-refractivity contribution >= 4 is 11.7 Å². The summed E-state index contributed by atoms with van der Waals surface area (Å²) in [7, 11) is 2.37. The van der Waals surface area contributed by atoms with Crippen LogP contribution in [0.15, 0.2) is 40.0 Å². The van der Waals surface area contributed by atoms with E-state index < -0.39 is 17.9 Å². The van der Waals surface area contributed by atoms with Crippen LogP contribution in [0.4, 0.5) is 13.2 Å². The number of methoxy groups -OCH3 is 1. The summed E-state index contributed by atoms with van der Waals surface area (Å²) in [6, 6.07) is 6.84. The molecule has 0 aliphatic carbocycles. The third kappa shape index (κ3) is 3.50. The van der Waals surface area contributed by atoms with Gasteiger partial charge in [-0.25, -0.2) is 4.79 Å². The number of alkyl halides is 3. The number of esters is 1. The Kier molecular flexibility index (Phi) is 4.68. The second kappa shape index (κ2) is 6.51. The number of carbonyl (C=O) groups excluding carboxylic acids is 1. The predicted molar refractivity (Wildman–Crippen MR) is 72.5 cm³/mol. The molecule has 0 N–H and O–H groups in total. The summed E-state index contributed by atoms with van der Waals surface area (Å²) in [6.07, 6.45) is -4.66. The second-order valence-corrected chi connectivity index (χ2v) is 4.23. The highest BCUT2D eigenvalue weighted by molar-refractivity contribution is 6.44. The molecule has 0 saturated heterocycles. The maximum Gasteiger partial charge on any atom is 0.452 e. The highest BCUT2D eigenvalue weighted by Gasteiger charge is 2.36. The first-order valence-electron chi connectivity index (χ1n) is 6.21. The van der Waals surface area contributed by atoms with Gasteiger partial charge in [-0.1, -0.05) is 34.6 Å². The van der Waals surface area contributed by atoms with Crippen LogP contribution >= 0.6 is 0 Å². The average molecular weight is 328 g/mol. The zero-order valence-electron chi connectivity index (χ0n) is 12.0. The van der Waals surface area contributed by atoms with E-state index in [0.717, 1.165) is 13.2 Å². The first-order chi connectivity index (χ1) is 10.9. The van der Waals surface area contributed by atoms with Gasteiger partial charge in [0.2, 0.25) is 5.76 Å². The number of nitrogens with zero attached hydrogens (tertiary/aromatic N) is 2. The van der Waals surface area contributed by atoms with Gasteiger partial charge in [0.05, 0.1) is 7.11 Å². The molecule has 2 rings (SSSR count). The average Bonchev–Trinajstić information content (AvgIpc) is 3.02. The van der Waals surface area contributed by atoms with Crippen molar-refractivity contribution in [1.82, 2.24) is 5.16 Å². The highest BCUT2D eigenvalue weighted by Crippen LogP contribution is 2.33. The Labute approximate surface area is 128 Å². The van der Waals surface area contributed by atoms with Crippen molar-refractivity contribution in [1.29, 1.82) is 0 Å². The second-order valence-electron chi connectivity index (χ2n) is 4.23. The molecule has 1 heterocycles. The van der Waals surface area contributed by atoms with E-state index >= 15 is 0 Å². The van der Waals surface area contributed by atoms with Crippen LogP contribution < -0.4 is 0 Å². The van der Waals surface area contributed by atoms with Gasteiger partial charge in [-0.2, -0.15) is 13.2 Å². The lowest BCUT2D eigenvalue weighted by Gasteiger charge is -2.08. The van der Waals surface area contributed by atoms with Gasteiger partial charge in [-0.05, 0) is 0 Å². The summed E-state index contributed by atoms with van der Waals surface area (Å²) in [5.74, 6) is -2.05. The lowest BCUT2D eigenvalue weighted by atomic mass is 10.0. The molecule has 23 heavy (non-hydrogen) atoms. The number of hydrogen-bond donors (Lipinski definition) is 0. The Morgan fingerprint density at radius 2 is 1.96 bits per heavy atom. The summed E-state index contributed by atoms with van der Waals surface area (Å²) in [5, 5.41) is 6.97. The van der Waals surface area contributed by atoms with Crippen LogP contribution in [0, 0.1) is 0 Å². The monoisotopic (exact) mass is 328 g/mol. The third-order valence-electron chi connectivity index (χ3n) is 2.81. The van der Waals surface area contributed by atoms with Crippen LogP contribution in [0.1, 0.15) is 11.3 Å². The van der Waals surface area contributed by atoms with E-state index in [-0.39, 0.29) is 22.5 Å². The number of rotatable bonds is 4. The molecule has 1 aromatic carbocycles. The van der Waals surface area contributed by atoms with Crippen LogP contribution in [0.2, 0.25) is 0 Å². The molecule has 122 valence electrons. The largest absolute Gasteiger partial charge is 0.464 e. The van der Waals surface area contributed by atoms with Gasteiger partial charge in [-0.15, -0.1) is 0 Å². The van der Waals surface area contributed by atoms with Crippen LogP contribution in [-0.2, 0) is 20.5 Å². The van der Waals surface area contributed by atoms with Gasteiger partial charge in [0.1, 0.15) is 12.8 Å². The smallest absolute Gasteiger partial charge is 0.452 e. The molecule has 0 aliphatic rings. The minimum Gasteiger partial charge on any atom is -0.464 e. The van der Waals surface area contributed by atoms with Crippen LogP contribution in [0.25, 0.3) is 11.3 Å². The molecule has 2 aromatic rings. The summed E-state index contributed by atoms with van der Waals surface area (Å²) >= 11 is 0. The maximum atomic E-state index is 12.6. The molecule has 9 heteroatoms. The van der Waals surface area contributed by atoms with E-state index in [1.54, 1.807) is 12.1 Å². The standard InChI is InChI=1S/C14H11F3N2O4/c1-21-13(20)12(19-22-2)9-6-4-3-5-8(9)10-7-11(23-18-10)14(15,16)17/h3-7H,1-2H3/b19-12-. The summed E-state index contributed by atoms with van der Waals surface area (Å²) in [5.41, 5.74) is 0.110. The molecule has 0 atom stereocenters. The van der Waals surface area contributed by atoms with Crippen molar-refractivity contribution in [3.8, 4) is 11.3 Å². The fourth-order valence-electron chi connectivity index (χ4n) is 1.83. The van der Waals surface area contributed by atoms with Gasteiger partial charge < -0.3 is 14.1 Å². The van der Waals surface area contributed by atoms with E-state index in [0.29, 0.717) is 0 Å². The minimum absolute atomic E-state index is 0.0966. The summed E-state index contributed by atoms with van der Waals surface area (Å²) in [6.45, 7) is 0. The number of oxime groups is 1. The molecule has 0 aliphatic heterocycles.